The van der Waals surface area contributed by atoms with Gasteiger partial charge in [-0.15, -0.1) is 0 Å². The van der Waals surface area contributed by atoms with Gasteiger partial charge in [-0.3, -0.25) is 4.79 Å². The van der Waals surface area contributed by atoms with E-state index < -0.39 is 0 Å². The molecule has 0 saturated carbocycles. The lowest BCUT2D eigenvalue weighted by Gasteiger charge is -2.10. The van der Waals surface area contributed by atoms with Crippen LogP contribution < -0.4 is 10.6 Å². The Morgan fingerprint density at radius 3 is 2.47 bits per heavy atom. The number of amides is 1. The smallest absolute Gasteiger partial charge is 0.253 e. The molecule has 0 fully saturated rings. The first-order valence-corrected chi connectivity index (χ1v) is 7.34. The summed E-state index contributed by atoms with van der Waals surface area (Å²) < 4.78 is 0. The number of carbonyl (C=O) groups is 1. The van der Waals surface area contributed by atoms with Gasteiger partial charge in [0.2, 0.25) is 0 Å². The lowest BCUT2D eigenvalue weighted by Crippen LogP contribution is -2.19. The molecule has 0 heterocycles. The van der Waals surface area contributed by atoms with Gasteiger partial charge in [0.1, 0.15) is 0 Å². The molecule has 3 heteroatoms. The van der Waals surface area contributed by atoms with Crippen LogP contribution in [0.3, 0.4) is 0 Å². The molecule has 0 spiro atoms. The molecule has 0 atom stereocenters. The summed E-state index contributed by atoms with van der Waals surface area (Å²) in [6.45, 7) is 3.16. The van der Waals surface area contributed by atoms with E-state index in [0.29, 0.717) is 0 Å². The molecule has 0 saturated heterocycles. The van der Waals surface area contributed by atoms with Crippen LogP contribution in [0.25, 0.3) is 0 Å². The third kappa shape index (κ3) is 5.77. The highest BCUT2D eigenvalue weighted by molar-refractivity contribution is 5.99. The van der Waals surface area contributed by atoms with Crippen molar-refractivity contribution in [2.75, 3.05) is 18.9 Å². The first-order chi connectivity index (χ1) is 9.29. The molecule has 0 aliphatic heterocycles. The summed E-state index contributed by atoms with van der Waals surface area (Å²) in [7, 11) is 1.66. The van der Waals surface area contributed by atoms with Gasteiger partial charge in [-0.25, -0.2) is 0 Å². The van der Waals surface area contributed by atoms with E-state index in [2.05, 4.69) is 17.6 Å². The normalized spacial score (nSPS) is 10.2. The van der Waals surface area contributed by atoms with Crippen molar-refractivity contribution in [2.45, 2.75) is 45.4 Å². The number of carbonyl (C=O) groups excluding carboxylic acids is 1. The van der Waals surface area contributed by atoms with E-state index in [0.717, 1.165) is 24.2 Å². The van der Waals surface area contributed by atoms with E-state index in [1.165, 1.54) is 32.1 Å². The lowest BCUT2D eigenvalue weighted by atomic mass is 10.1. The van der Waals surface area contributed by atoms with E-state index in [4.69, 9.17) is 0 Å². The molecule has 106 valence electrons. The van der Waals surface area contributed by atoms with Crippen molar-refractivity contribution < 1.29 is 4.79 Å². The number of hydrogen-bond donors (Lipinski definition) is 2. The summed E-state index contributed by atoms with van der Waals surface area (Å²) in [5.74, 6) is -0.0361. The van der Waals surface area contributed by atoms with E-state index >= 15 is 0 Å². The van der Waals surface area contributed by atoms with Crippen molar-refractivity contribution >= 4 is 11.6 Å². The van der Waals surface area contributed by atoms with Crippen molar-refractivity contribution in [2.24, 2.45) is 0 Å². The van der Waals surface area contributed by atoms with Crippen molar-refractivity contribution in [3.8, 4) is 0 Å². The molecule has 0 aliphatic carbocycles. The molecule has 1 rings (SSSR count). The van der Waals surface area contributed by atoms with Gasteiger partial charge in [0.25, 0.3) is 5.91 Å². The molecule has 0 unspecified atom stereocenters. The van der Waals surface area contributed by atoms with Gasteiger partial charge in [0.05, 0.1) is 5.56 Å². The Bertz CT molecular complexity index is 377. The second-order valence-corrected chi connectivity index (χ2v) is 4.82. The van der Waals surface area contributed by atoms with E-state index in [-0.39, 0.29) is 5.91 Å². The zero-order chi connectivity index (χ0) is 13.9. The molecule has 19 heavy (non-hydrogen) atoms. The van der Waals surface area contributed by atoms with E-state index in [9.17, 15) is 4.79 Å². The van der Waals surface area contributed by atoms with Crippen LogP contribution in [-0.4, -0.2) is 19.5 Å². The van der Waals surface area contributed by atoms with Gasteiger partial charge in [-0.1, -0.05) is 51.2 Å². The maximum absolute atomic E-state index is 11.7. The van der Waals surface area contributed by atoms with Gasteiger partial charge >= 0.3 is 0 Å². The Morgan fingerprint density at radius 2 is 1.74 bits per heavy atom. The van der Waals surface area contributed by atoms with Crippen LogP contribution in [0.2, 0.25) is 0 Å². The lowest BCUT2D eigenvalue weighted by molar-refractivity contribution is 0.0964. The molecule has 0 aromatic heterocycles. The molecule has 0 radical (unpaired) electrons. The van der Waals surface area contributed by atoms with Gasteiger partial charge in [-0.05, 0) is 18.6 Å². The van der Waals surface area contributed by atoms with E-state index in [1.807, 2.05) is 24.3 Å². The van der Waals surface area contributed by atoms with Crippen LogP contribution >= 0.6 is 0 Å². The minimum absolute atomic E-state index is 0.0361. The first-order valence-electron chi connectivity index (χ1n) is 7.34. The zero-order valence-corrected chi connectivity index (χ0v) is 12.2. The highest BCUT2D eigenvalue weighted by atomic mass is 16.1. The van der Waals surface area contributed by atoms with Gasteiger partial charge in [0, 0.05) is 19.3 Å². The van der Waals surface area contributed by atoms with Gasteiger partial charge in [-0.2, -0.15) is 0 Å². The molecule has 2 N–H and O–H groups in total. The molecule has 1 aromatic rings. The van der Waals surface area contributed by atoms with Crippen LogP contribution in [-0.2, 0) is 0 Å². The minimum atomic E-state index is -0.0361. The number of hydrogen-bond acceptors (Lipinski definition) is 2. The van der Waals surface area contributed by atoms with Gasteiger partial charge < -0.3 is 10.6 Å². The highest BCUT2D eigenvalue weighted by Gasteiger charge is 2.07. The van der Waals surface area contributed by atoms with Crippen molar-refractivity contribution in [1.29, 1.82) is 0 Å². The average molecular weight is 262 g/mol. The largest absolute Gasteiger partial charge is 0.384 e. The Kier molecular flexibility index (Phi) is 7.71. The SMILES string of the molecule is CCCCCCCCNc1ccccc1C(=O)NC. The summed E-state index contributed by atoms with van der Waals surface area (Å²) in [4.78, 5) is 11.7. The summed E-state index contributed by atoms with van der Waals surface area (Å²) in [6, 6.07) is 7.65. The fraction of sp³-hybridized carbons (Fsp3) is 0.562. The first kappa shape index (κ1) is 15.5. The molecule has 0 bridgehead atoms. The third-order valence-corrected chi connectivity index (χ3v) is 3.24. The average Bonchev–Trinajstić information content (AvgIpc) is 2.46. The number of benzene rings is 1. The van der Waals surface area contributed by atoms with Crippen molar-refractivity contribution in [3.63, 3.8) is 0 Å². The number of anilines is 1. The topological polar surface area (TPSA) is 41.1 Å². The summed E-state index contributed by atoms with van der Waals surface area (Å²) >= 11 is 0. The van der Waals surface area contributed by atoms with Crippen LogP contribution in [0.4, 0.5) is 5.69 Å². The third-order valence-electron chi connectivity index (χ3n) is 3.24. The standard InChI is InChI=1S/C16H26N2O/c1-3-4-5-6-7-10-13-18-15-12-9-8-11-14(15)16(19)17-2/h8-9,11-12,18H,3-7,10,13H2,1-2H3,(H,17,19). The zero-order valence-electron chi connectivity index (χ0n) is 12.2. The number of rotatable bonds is 9. The molecule has 3 nitrogen and oxygen atoms in total. The molecule has 0 aliphatic rings. The number of para-hydroxylation sites is 1. The fourth-order valence-electron chi connectivity index (χ4n) is 2.10. The molecule has 1 amide bonds. The van der Waals surface area contributed by atoms with Crippen LogP contribution in [0.5, 0.6) is 0 Å². The predicted molar refractivity (Wildman–Crippen MR) is 81.7 cm³/mol. The monoisotopic (exact) mass is 262 g/mol. The second-order valence-electron chi connectivity index (χ2n) is 4.82. The van der Waals surface area contributed by atoms with Gasteiger partial charge in [0.15, 0.2) is 0 Å². The highest BCUT2D eigenvalue weighted by Crippen LogP contribution is 2.15. The number of unbranched alkanes of at least 4 members (excludes halogenated alkanes) is 5. The minimum Gasteiger partial charge on any atom is -0.384 e. The van der Waals surface area contributed by atoms with E-state index in [1.54, 1.807) is 7.05 Å². The Balaban J connectivity index is 2.31. The predicted octanol–water partition coefficient (Wildman–Crippen LogP) is 3.82. The number of nitrogens with one attached hydrogen (secondary N) is 2. The fourth-order valence-corrected chi connectivity index (χ4v) is 2.10. The van der Waals surface area contributed by atoms with Crippen LogP contribution in [0.1, 0.15) is 55.8 Å². The summed E-state index contributed by atoms with van der Waals surface area (Å²) in [5.41, 5.74) is 1.64. The van der Waals surface area contributed by atoms with Crippen molar-refractivity contribution in [1.82, 2.24) is 5.32 Å². The van der Waals surface area contributed by atoms with Crippen LogP contribution in [0.15, 0.2) is 24.3 Å². The summed E-state index contributed by atoms with van der Waals surface area (Å²) in [5, 5.41) is 6.03. The second kappa shape index (κ2) is 9.42. The Labute approximate surface area is 116 Å². The maximum atomic E-state index is 11.7. The quantitative estimate of drug-likeness (QED) is 0.664. The molecular weight excluding hydrogens is 236 g/mol. The summed E-state index contributed by atoms with van der Waals surface area (Å²) in [6.07, 6.45) is 7.70. The molecule has 1 aromatic carbocycles. The Hall–Kier alpha value is -1.51. The van der Waals surface area contributed by atoms with Crippen molar-refractivity contribution in [3.05, 3.63) is 29.8 Å². The van der Waals surface area contributed by atoms with Crippen LogP contribution in [0, 0.1) is 0 Å². The molecular formula is C16H26N2O. The Morgan fingerprint density at radius 1 is 1.05 bits per heavy atom. The maximum Gasteiger partial charge on any atom is 0.253 e.